The third kappa shape index (κ3) is 3.52. The van der Waals surface area contributed by atoms with E-state index >= 15 is 0 Å². The Balaban J connectivity index is 1.90. The van der Waals surface area contributed by atoms with E-state index in [0.29, 0.717) is 0 Å². The third-order valence-corrected chi connectivity index (χ3v) is 2.87. The van der Waals surface area contributed by atoms with Crippen molar-refractivity contribution in [1.29, 1.82) is 0 Å². The van der Waals surface area contributed by atoms with Gasteiger partial charge < -0.3 is 0 Å². The molecule has 1 nitrogen and oxygen atoms in total. The van der Waals surface area contributed by atoms with E-state index in [0.717, 1.165) is 6.54 Å². The molecule has 0 atom stereocenters. The van der Waals surface area contributed by atoms with Gasteiger partial charge in [-0.2, -0.15) is 0 Å². The summed E-state index contributed by atoms with van der Waals surface area (Å²) < 4.78 is 0. The highest BCUT2D eigenvalue weighted by Gasteiger charge is 2.05. The Morgan fingerprint density at radius 2 is 1.73 bits per heavy atom. The predicted octanol–water partition coefficient (Wildman–Crippen LogP) is 3.23. The highest BCUT2D eigenvalue weighted by Crippen LogP contribution is 2.09. The molecule has 0 radical (unpaired) electrons. The zero-order valence-corrected chi connectivity index (χ0v) is 9.23. The molecule has 0 bridgehead atoms. The molecular formula is C14H19N. The van der Waals surface area contributed by atoms with Crippen LogP contribution in [0.4, 0.5) is 0 Å². The van der Waals surface area contributed by atoms with Crippen LogP contribution in [0.25, 0.3) is 0 Å². The molecule has 0 N–H and O–H groups in total. The van der Waals surface area contributed by atoms with Gasteiger partial charge in [-0.1, -0.05) is 42.5 Å². The highest BCUT2D eigenvalue weighted by atomic mass is 15.1. The van der Waals surface area contributed by atoms with E-state index in [1.807, 2.05) is 0 Å². The van der Waals surface area contributed by atoms with E-state index in [9.17, 15) is 0 Å². The van der Waals surface area contributed by atoms with Crippen LogP contribution in [0.15, 0.2) is 42.5 Å². The SMILES string of the molecule is C1=C\CCN(Cc2ccccc2)CCC/1. The largest absolute Gasteiger partial charge is 0.299 e. The third-order valence-electron chi connectivity index (χ3n) is 2.87. The number of hydrogen-bond donors (Lipinski definition) is 0. The average molecular weight is 201 g/mol. The van der Waals surface area contributed by atoms with Crippen LogP contribution in [0.5, 0.6) is 0 Å². The summed E-state index contributed by atoms with van der Waals surface area (Å²) in [5, 5.41) is 0. The average Bonchev–Trinajstić information content (AvgIpc) is 2.23. The molecule has 0 spiro atoms. The van der Waals surface area contributed by atoms with E-state index in [-0.39, 0.29) is 0 Å². The van der Waals surface area contributed by atoms with Crippen molar-refractivity contribution in [2.75, 3.05) is 13.1 Å². The molecule has 1 aromatic rings. The van der Waals surface area contributed by atoms with Crippen molar-refractivity contribution >= 4 is 0 Å². The lowest BCUT2D eigenvalue weighted by Gasteiger charge is -2.22. The van der Waals surface area contributed by atoms with Gasteiger partial charge in [-0.05, 0) is 31.4 Å². The summed E-state index contributed by atoms with van der Waals surface area (Å²) in [6.07, 6.45) is 8.37. The van der Waals surface area contributed by atoms with Gasteiger partial charge in [-0.3, -0.25) is 4.90 Å². The Labute approximate surface area is 92.4 Å². The molecule has 0 aliphatic carbocycles. The van der Waals surface area contributed by atoms with Crippen molar-refractivity contribution in [3.63, 3.8) is 0 Å². The number of rotatable bonds is 2. The van der Waals surface area contributed by atoms with E-state index < -0.39 is 0 Å². The van der Waals surface area contributed by atoms with Crippen molar-refractivity contribution in [3.05, 3.63) is 48.0 Å². The highest BCUT2D eigenvalue weighted by molar-refractivity contribution is 5.14. The van der Waals surface area contributed by atoms with Gasteiger partial charge in [0.25, 0.3) is 0 Å². The molecule has 0 saturated carbocycles. The lowest BCUT2D eigenvalue weighted by molar-refractivity contribution is 0.265. The summed E-state index contributed by atoms with van der Waals surface area (Å²) in [5.74, 6) is 0. The smallest absolute Gasteiger partial charge is 0.0233 e. The first kappa shape index (κ1) is 10.4. The summed E-state index contributed by atoms with van der Waals surface area (Å²) in [6.45, 7) is 3.54. The van der Waals surface area contributed by atoms with Crippen molar-refractivity contribution in [1.82, 2.24) is 4.90 Å². The maximum atomic E-state index is 2.55. The molecule has 1 aliphatic heterocycles. The standard InChI is InChI=1S/C14H19N/c1-2-7-11-15(12-8-3-1)13-14-9-5-4-6-10-14/h1-2,4-6,9-10H,3,7-8,11-13H2/b2-1-. The van der Waals surface area contributed by atoms with Gasteiger partial charge in [0.2, 0.25) is 0 Å². The fourth-order valence-electron chi connectivity index (χ4n) is 2.04. The lowest BCUT2D eigenvalue weighted by Crippen LogP contribution is -2.26. The van der Waals surface area contributed by atoms with E-state index in [2.05, 4.69) is 47.4 Å². The van der Waals surface area contributed by atoms with Crippen LogP contribution in [0, 0.1) is 0 Å². The molecule has 1 heteroatoms. The van der Waals surface area contributed by atoms with Crippen LogP contribution in [0.2, 0.25) is 0 Å². The predicted molar refractivity (Wildman–Crippen MR) is 64.7 cm³/mol. The fraction of sp³-hybridized carbons (Fsp3) is 0.429. The quantitative estimate of drug-likeness (QED) is 0.664. The van der Waals surface area contributed by atoms with Crippen LogP contribution in [-0.4, -0.2) is 18.0 Å². The number of hydrogen-bond acceptors (Lipinski definition) is 1. The van der Waals surface area contributed by atoms with Gasteiger partial charge >= 0.3 is 0 Å². The maximum absolute atomic E-state index is 2.55. The van der Waals surface area contributed by atoms with E-state index in [1.54, 1.807) is 0 Å². The number of nitrogens with zero attached hydrogens (tertiary/aromatic N) is 1. The van der Waals surface area contributed by atoms with Crippen molar-refractivity contribution in [2.24, 2.45) is 0 Å². The molecule has 0 amide bonds. The molecule has 1 aliphatic rings. The minimum absolute atomic E-state index is 1.11. The fourth-order valence-corrected chi connectivity index (χ4v) is 2.04. The number of benzene rings is 1. The first-order chi connectivity index (χ1) is 7.45. The topological polar surface area (TPSA) is 3.24 Å². The van der Waals surface area contributed by atoms with Gasteiger partial charge in [0.15, 0.2) is 0 Å². The van der Waals surface area contributed by atoms with Gasteiger partial charge in [0.1, 0.15) is 0 Å². The molecule has 15 heavy (non-hydrogen) atoms. The van der Waals surface area contributed by atoms with Crippen molar-refractivity contribution in [2.45, 2.75) is 25.8 Å². The molecule has 0 unspecified atom stereocenters. The van der Waals surface area contributed by atoms with Gasteiger partial charge in [-0.25, -0.2) is 0 Å². The van der Waals surface area contributed by atoms with Crippen LogP contribution in [-0.2, 0) is 6.54 Å². The second kappa shape index (κ2) is 5.72. The Morgan fingerprint density at radius 3 is 2.60 bits per heavy atom. The molecule has 0 fully saturated rings. The van der Waals surface area contributed by atoms with Crippen LogP contribution >= 0.6 is 0 Å². The Bertz CT molecular complexity index is 302. The van der Waals surface area contributed by atoms with E-state index in [1.165, 1.54) is 37.9 Å². The maximum Gasteiger partial charge on any atom is 0.0233 e. The summed E-state index contributed by atoms with van der Waals surface area (Å²) in [6, 6.07) is 10.8. The zero-order chi connectivity index (χ0) is 10.3. The second-order valence-electron chi connectivity index (χ2n) is 4.16. The summed E-state index contributed by atoms with van der Waals surface area (Å²) in [5.41, 5.74) is 1.43. The molecule has 2 rings (SSSR count). The molecule has 0 aromatic heterocycles. The van der Waals surface area contributed by atoms with Crippen molar-refractivity contribution in [3.8, 4) is 0 Å². The summed E-state index contributed by atoms with van der Waals surface area (Å²) in [4.78, 5) is 2.55. The molecule has 80 valence electrons. The first-order valence-corrected chi connectivity index (χ1v) is 5.86. The summed E-state index contributed by atoms with van der Waals surface area (Å²) >= 11 is 0. The molecule has 1 heterocycles. The van der Waals surface area contributed by atoms with Gasteiger partial charge in [0, 0.05) is 13.1 Å². The molecule has 1 aromatic carbocycles. The monoisotopic (exact) mass is 201 g/mol. The van der Waals surface area contributed by atoms with Crippen molar-refractivity contribution < 1.29 is 0 Å². The minimum atomic E-state index is 1.11. The van der Waals surface area contributed by atoms with Crippen LogP contribution in [0.1, 0.15) is 24.8 Å². The normalized spacial score (nSPS) is 20.5. The van der Waals surface area contributed by atoms with Crippen LogP contribution < -0.4 is 0 Å². The first-order valence-electron chi connectivity index (χ1n) is 5.86. The molecule has 0 saturated heterocycles. The molecular weight excluding hydrogens is 182 g/mol. The Hall–Kier alpha value is -1.08. The Kier molecular flexibility index (Phi) is 3.98. The lowest BCUT2D eigenvalue weighted by atomic mass is 10.1. The summed E-state index contributed by atoms with van der Waals surface area (Å²) in [7, 11) is 0. The minimum Gasteiger partial charge on any atom is -0.299 e. The second-order valence-corrected chi connectivity index (χ2v) is 4.16. The van der Waals surface area contributed by atoms with Gasteiger partial charge in [-0.15, -0.1) is 0 Å². The van der Waals surface area contributed by atoms with Crippen LogP contribution in [0.3, 0.4) is 0 Å². The number of allylic oxidation sites excluding steroid dienone is 1. The zero-order valence-electron chi connectivity index (χ0n) is 9.23. The van der Waals surface area contributed by atoms with Gasteiger partial charge in [0.05, 0.1) is 0 Å². The van der Waals surface area contributed by atoms with E-state index in [4.69, 9.17) is 0 Å². The Morgan fingerprint density at radius 1 is 0.933 bits per heavy atom.